The molecule has 0 N–H and O–H groups in total. The monoisotopic (exact) mass is 358 g/mol. The minimum Gasteiger partial charge on any atom is -0.448 e. The molecule has 0 saturated carbocycles. The van der Waals surface area contributed by atoms with E-state index in [0.717, 1.165) is 17.0 Å². The molecule has 0 atom stereocenters. The van der Waals surface area contributed by atoms with E-state index in [-0.39, 0.29) is 23.0 Å². The summed E-state index contributed by atoms with van der Waals surface area (Å²) in [4.78, 5) is 16.7. The van der Waals surface area contributed by atoms with Gasteiger partial charge in [-0.15, -0.1) is 16.3 Å². The molecule has 130 valence electrons. The normalized spacial score (nSPS) is 12.7. The number of hydrogen-bond acceptors (Lipinski definition) is 3. The molecule has 2 rings (SSSR count). The number of thiazole rings is 1. The maximum atomic E-state index is 12.9. The molecule has 0 spiro atoms. The molecule has 1 heterocycles. The van der Waals surface area contributed by atoms with Crippen LogP contribution in [0.3, 0.4) is 0 Å². The highest BCUT2D eigenvalue weighted by Gasteiger charge is 2.30. The third kappa shape index (κ3) is 4.25. The van der Waals surface area contributed by atoms with Crippen molar-refractivity contribution in [3.8, 4) is 5.69 Å². The summed E-state index contributed by atoms with van der Waals surface area (Å²) in [5, 5.41) is 0. The lowest BCUT2D eigenvalue weighted by atomic mass is 10.2. The molecule has 1 aromatic carbocycles. The van der Waals surface area contributed by atoms with Gasteiger partial charge in [-0.1, -0.05) is 19.9 Å². The predicted molar refractivity (Wildman–Crippen MR) is 85.3 cm³/mol. The molecule has 0 aliphatic carbocycles. The van der Waals surface area contributed by atoms with Gasteiger partial charge >= 0.3 is 12.3 Å². The molecular weight excluding hydrogens is 341 g/mol. The minimum absolute atomic E-state index is 0.151. The van der Waals surface area contributed by atoms with Crippen LogP contribution < -0.4 is 4.80 Å². The fourth-order valence-electron chi connectivity index (χ4n) is 1.96. The van der Waals surface area contributed by atoms with Crippen LogP contribution in [-0.2, 0) is 10.9 Å². The number of benzene rings is 1. The van der Waals surface area contributed by atoms with E-state index < -0.39 is 17.8 Å². The molecule has 0 saturated heterocycles. The number of carbonyl (C=O) groups excluding carboxylic acids is 1. The Morgan fingerprint density at radius 2 is 2.08 bits per heavy atom. The number of nitrogens with zero attached hydrogens (tertiary/aromatic N) is 2. The number of hydrogen-bond donors (Lipinski definition) is 0. The van der Waals surface area contributed by atoms with Gasteiger partial charge in [0.1, 0.15) is 0 Å². The van der Waals surface area contributed by atoms with Gasteiger partial charge in [0.2, 0.25) is 4.80 Å². The summed E-state index contributed by atoms with van der Waals surface area (Å²) in [6.07, 6.45) is -3.51. The SMILES string of the molecule is CCOC(=O)N=c1sc(C(C)C)cn1-c1cccc(C(F)(F)F)c1. The molecule has 0 fully saturated rings. The largest absolute Gasteiger partial charge is 0.448 e. The van der Waals surface area contributed by atoms with Gasteiger partial charge in [0.05, 0.1) is 12.2 Å². The van der Waals surface area contributed by atoms with Gasteiger partial charge in [-0.25, -0.2) is 4.79 Å². The zero-order valence-electron chi connectivity index (χ0n) is 13.4. The predicted octanol–water partition coefficient (Wildman–Crippen LogP) is 4.74. The number of amides is 1. The quantitative estimate of drug-likeness (QED) is 0.795. The number of halogens is 3. The topological polar surface area (TPSA) is 43.6 Å². The third-order valence-electron chi connectivity index (χ3n) is 3.15. The number of alkyl halides is 3. The zero-order valence-corrected chi connectivity index (χ0v) is 14.2. The van der Waals surface area contributed by atoms with Crippen LogP contribution in [-0.4, -0.2) is 17.3 Å². The Bertz CT molecular complexity index is 791. The molecule has 0 radical (unpaired) electrons. The van der Waals surface area contributed by atoms with E-state index in [0.29, 0.717) is 0 Å². The van der Waals surface area contributed by atoms with Gasteiger partial charge < -0.3 is 4.74 Å². The summed E-state index contributed by atoms with van der Waals surface area (Å²) in [6, 6.07) is 4.89. The number of aromatic nitrogens is 1. The highest BCUT2D eigenvalue weighted by atomic mass is 32.1. The Labute approximate surface area is 141 Å². The second kappa shape index (κ2) is 7.21. The fraction of sp³-hybridized carbons (Fsp3) is 0.375. The van der Waals surface area contributed by atoms with Gasteiger partial charge in [-0.2, -0.15) is 13.2 Å². The molecule has 1 aromatic heterocycles. The van der Waals surface area contributed by atoms with E-state index >= 15 is 0 Å². The van der Waals surface area contributed by atoms with Crippen molar-refractivity contribution in [3.05, 3.63) is 45.7 Å². The van der Waals surface area contributed by atoms with Gasteiger partial charge in [0.15, 0.2) is 0 Å². The van der Waals surface area contributed by atoms with Crippen molar-refractivity contribution >= 4 is 17.4 Å². The van der Waals surface area contributed by atoms with E-state index in [2.05, 4.69) is 4.99 Å². The first-order valence-electron chi connectivity index (χ1n) is 7.34. The van der Waals surface area contributed by atoms with Crippen LogP contribution in [0.1, 0.15) is 37.1 Å². The Morgan fingerprint density at radius 1 is 1.38 bits per heavy atom. The van der Waals surface area contributed by atoms with Crippen molar-refractivity contribution in [3.63, 3.8) is 0 Å². The van der Waals surface area contributed by atoms with Crippen molar-refractivity contribution in [2.75, 3.05) is 6.61 Å². The first-order valence-corrected chi connectivity index (χ1v) is 8.15. The average molecular weight is 358 g/mol. The lowest BCUT2D eigenvalue weighted by Gasteiger charge is -2.09. The van der Waals surface area contributed by atoms with E-state index in [1.165, 1.54) is 28.0 Å². The second-order valence-electron chi connectivity index (χ2n) is 5.30. The molecule has 2 aromatic rings. The molecule has 0 aliphatic heterocycles. The first-order chi connectivity index (χ1) is 11.2. The van der Waals surface area contributed by atoms with Crippen LogP contribution in [0, 0.1) is 0 Å². The van der Waals surface area contributed by atoms with Crippen molar-refractivity contribution in [2.45, 2.75) is 32.9 Å². The third-order valence-corrected chi connectivity index (χ3v) is 4.43. The van der Waals surface area contributed by atoms with E-state index in [1.54, 1.807) is 13.1 Å². The van der Waals surface area contributed by atoms with E-state index in [1.807, 2.05) is 13.8 Å². The minimum atomic E-state index is -4.44. The van der Waals surface area contributed by atoms with Crippen molar-refractivity contribution < 1.29 is 22.7 Å². The maximum Gasteiger partial charge on any atom is 0.436 e. The van der Waals surface area contributed by atoms with Crippen LogP contribution in [0.15, 0.2) is 35.5 Å². The Hall–Kier alpha value is -2.09. The van der Waals surface area contributed by atoms with Crippen molar-refractivity contribution in [2.24, 2.45) is 4.99 Å². The number of rotatable bonds is 3. The molecule has 1 amide bonds. The van der Waals surface area contributed by atoms with Crippen LogP contribution in [0.5, 0.6) is 0 Å². The molecule has 8 heteroatoms. The van der Waals surface area contributed by atoms with Crippen LogP contribution in [0.4, 0.5) is 18.0 Å². The second-order valence-corrected chi connectivity index (χ2v) is 6.34. The van der Waals surface area contributed by atoms with Gasteiger partial charge in [0, 0.05) is 16.8 Å². The van der Waals surface area contributed by atoms with Crippen molar-refractivity contribution in [1.82, 2.24) is 4.57 Å². The van der Waals surface area contributed by atoms with Crippen LogP contribution in [0.2, 0.25) is 0 Å². The van der Waals surface area contributed by atoms with Gasteiger partial charge in [0.25, 0.3) is 0 Å². The Balaban J connectivity index is 2.59. The number of ether oxygens (including phenoxy) is 1. The average Bonchev–Trinajstić information content (AvgIpc) is 2.91. The van der Waals surface area contributed by atoms with Crippen LogP contribution >= 0.6 is 11.3 Å². The summed E-state index contributed by atoms with van der Waals surface area (Å²) in [5.41, 5.74) is -0.470. The first kappa shape index (κ1) is 18.3. The van der Waals surface area contributed by atoms with Gasteiger partial charge in [-0.3, -0.25) is 4.57 Å². The highest BCUT2D eigenvalue weighted by molar-refractivity contribution is 7.09. The molecule has 0 aliphatic rings. The lowest BCUT2D eigenvalue weighted by molar-refractivity contribution is -0.137. The molecule has 0 bridgehead atoms. The number of carbonyl (C=O) groups is 1. The van der Waals surface area contributed by atoms with E-state index in [4.69, 9.17) is 4.74 Å². The molecule has 24 heavy (non-hydrogen) atoms. The van der Waals surface area contributed by atoms with Gasteiger partial charge in [-0.05, 0) is 31.0 Å². The van der Waals surface area contributed by atoms with Crippen LogP contribution in [0.25, 0.3) is 5.69 Å². The summed E-state index contributed by atoms with van der Waals surface area (Å²) in [7, 11) is 0. The fourth-order valence-corrected chi connectivity index (χ4v) is 2.94. The molecule has 4 nitrogen and oxygen atoms in total. The Kier molecular flexibility index (Phi) is 5.48. The lowest BCUT2D eigenvalue weighted by Crippen LogP contribution is -2.16. The zero-order chi connectivity index (χ0) is 17.9. The summed E-state index contributed by atoms with van der Waals surface area (Å²) in [6.45, 7) is 5.74. The van der Waals surface area contributed by atoms with E-state index in [9.17, 15) is 18.0 Å². The molecule has 0 unspecified atom stereocenters. The smallest absolute Gasteiger partial charge is 0.436 e. The highest BCUT2D eigenvalue weighted by Crippen LogP contribution is 2.30. The summed E-state index contributed by atoms with van der Waals surface area (Å²) >= 11 is 1.24. The standard InChI is InChI=1S/C16H17F3N2O2S/c1-4-23-15(22)20-14-21(9-13(24-14)10(2)3)12-7-5-6-11(8-12)16(17,18)19/h5-10H,4H2,1-3H3. The summed E-state index contributed by atoms with van der Waals surface area (Å²) < 4.78 is 45.0. The molecular formula is C16H17F3N2O2S. The summed E-state index contributed by atoms with van der Waals surface area (Å²) in [5.74, 6) is 0.151. The van der Waals surface area contributed by atoms with Crippen molar-refractivity contribution in [1.29, 1.82) is 0 Å². The Morgan fingerprint density at radius 3 is 2.67 bits per heavy atom. The maximum absolute atomic E-state index is 12.9.